The molecule has 8 heteroatoms. The summed E-state index contributed by atoms with van der Waals surface area (Å²) in [5.41, 5.74) is 2.57. The molecule has 0 radical (unpaired) electrons. The molecule has 0 aliphatic rings. The van der Waals surface area contributed by atoms with Crippen LogP contribution in [-0.4, -0.2) is 20.9 Å². The van der Waals surface area contributed by atoms with Gasteiger partial charge in [0.05, 0.1) is 22.3 Å². The first-order valence-electron chi connectivity index (χ1n) is 7.54. The van der Waals surface area contributed by atoms with E-state index in [-0.39, 0.29) is 16.6 Å². The van der Waals surface area contributed by atoms with Gasteiger partial charge in [-0.2, -0.15) is 0 Å². The molecule has 3 heterocycles. The van der Waals surface area contributed by atoms with E-state index in [1.165, 1.54) is 6.20 Å². The second-order valence-electron chi connectivity index (χ2n) is 5.35. The third-order valence-corrected chi connectivity index (χ3v) is 4.28. The van der Waals surface area contributed by atoms with Crippen molar-refractivity contribution >= 4 is 45.9 Å². The van der Waals surface area contributed by atoms with Gasteiger partial charge in [-0.1, -0.05) is 23.2 Å². The van der Waals surface area contributed by atoms with Gasteiger partial charge >= 0.3 is 0 Å². The third kappa shape index (κ3) is 3.12. The zero-order valence-electron chi connectivity index (χ0n) is 13.1. The molecule has 0 fully saturated rings. The Labute approximate surface area is 157 Å². The summed E-state index contributed by atoms with van der Waals surface area (Å²) in [6, 6.07) is 9.97. The Hall–Kier alpha value is -2.96. The molecule has 0 atom stereocenters. The Kier molecular flexibility index (Phi) is 4.28. The Bertz CT molecular complexity index is 1090. The van der Waals surface area contributed by atoms with Crippen molar-refractivity contribution < 1.29 is 9.21 Å². The van der Waals surface area contributed by atoms with Crippen LogP contribution in [-0.2, 0) is 0 Å². The van der Waals surface area contributed by atoms with E-state index in [9.17, 15) is 4.79 Å². The highest BCUT2D eigenvalue weighted by molar-refractivity contribution is 6.34. The average molecular weight is 385 g/mol. The molecule has 128 valence electrons. The summed E-state index contributed by atoms with van der Waals surface area (Å²) in [6.45, 7) is 0. The number of hydrogen-bond acceptors (Lipinski definition) is 5. The number of rotatable bonds is 3. The maximum absolute atomic E-state index is 12.4. The molecule has 1 aromatic carbocycles. The van der Waals surface area contributed by atoms with Crippen molar-refractivity contribution in [2.24, 2.45) is 0 Å². The Balaban J connectivity index is 1.68. The van der Waals surface area contributed by atoms with E-state index >= 15 is 0 Å². The van der Waals surface area contributed by atoms with Gasteiger partial charge in [-0.05, 0) is 30.3 Å². The molecule has 3 aromatic heterocycles. The van der Waals surface area contributed by atoms with Crippen molar-refractivity contribution in [1.29, 1.82) is 0 Å². The van der Waals surface area contributed by atoms with Crippen molar-refractivity contribution in [3.63, 3.8) is 0 Å². The lowest BCUT2D eigenvalue weighted by molar-refractivity contribution is 0.102. The maximum Gasteiger partial charge on any atom is 0.258 e. The molecule has 1 N–H and O–H groups in total. The first kappa shape index (κ1) is 16.5. The molecule has 4 rings (SSSR count). The van der Waals surface area contributed by atoms with Gasteiger partial charge in [0.1, 0.15) is 10.7 Å². The fourth-order valence-electron chi connectivity index (χ4n) is 2.42. The SMILES string of the molecule is O=C(Nc1ccc(Cl)c(-c2nc3cnccc3o2)c1)c1cccnc1Cl. The molecule has 0 saturated carbocycles. The van der Waals surface area contributed by atoms with Crippen LogP contribution in [0.25, 0.3) is 22.6 Å². The monoisotopic (exact) mass is 384 g/mol. The minimum atomic E-state index is -0.377. The summed E-state index contributed by atoms with van der Waals surface area (Å²) >= 11 is 12.2. The first-order valence-corrected chi connectivity index (χ1v) is 8.30. The molecular formula is C18H10Cl2N4O2. The van der Waals surface area contributed by atoms with E-state index < -0.39 is 0 Å². The number of nitrogens with zero attached hydrogens (tertiary/aromatic N) is 3. The highest BCUT2D eigenvalue weighted by Gasteiger charge is 2.15. The van der Waals surface area contributed by atoms with Gasteiger partial charge in [0.15, 0.2) is 5.58 Å². The Morgan fingerprint density at radius 1 is 1.12 bits per heavy atom. The topological polar surface area (TPSA) is 80.9 Å². The molecule has 0 unspecified atom stereocenters. The summed E-state index contributed by atoms with van der Waals surface area (Å²) < 4.78 is 5.72. The van der Waals surface area contributed by atoms with Crippen LogP contribution in [0.5, 0.6) is 0 Å². The third-order valence-electron chi connectivity index (χ3n) is 3.65. The smallest absolute Gasteiger partial charge is 0.258 e. The predicted molar refractivity (Wildman–Crippen MR) is 99.5 cm³/mol. The van der Waals surface area contributed by atoms with Gasteiger partial charge in [0.2, 0.25) is 5.89 Å². The summed E-state index contributed by atoms with van der Waals surface area (Å²) in [6.07, 6.45) is 4.74. The van der Waals surface area contributed by atoms with Crippen LogP contribution < -0.4 is 5.32 Å². The largest absolute Gasteiger partial charge is 0.436 e. The number of benzene rings is 1. The van der Waals surface area contributed by atoms with Gasteiger partial charge in [-0.25, -0.2) is 9.97 Å². The van der Waals surface area contributed by atoms with Gasteiger partial charge in [-0.15, -0.1) is 0 Å². The minimum Gasteiger partial charge on any atom is -0.436 e. The normalized spacial score (nSPS) is 10.8. The number of amides is 1. The zero-order valence-corrected chi connectivity index (χ0v) is 14.6. The van der Waals surface area contributed by atoms with Crippen molar-refractivity contribution in [2.75, 3.05) is 5.32 Å². The molecular weight excluding hydrogens is 375 g/mol. The first-order chi connectivity index (χ1) is 12.6. The van der Waals surface area contributed by atoms with Gasteiger partial charge in [-0.3, -0.25) is 9.78 Å². The number of carbonyl (C=O) groups excluding carboxylic acids is 1. The van der Waals surface area contributed by atoms with E-state index in [1.807, 2.05) is 0 Å². The molecule has 26 heavy (non-hydrogen) atoms. The van der Waals surface area contributed by atoms with Crippen LogP contribution in [0.3, 0.4) is 0 Å². The second-order valence-corrected chi connectivity index (χ2v) is 6.12. The molecule has 4 aromatic rings. The van der Waals surface area contributed by atoms with E-state index in [0.717, 1.165) is 0 Å². The maximum atomic E-state index is 12.4. The number of pyridine rings is 2. The summed E-state index contributed by atoms with van der Waals surface area (Å²) in [5, 5.41) is 3.34. The van der Waals surface area contributed by atoms with E-state index in [1.54, 1.807) is 48.8 Å². The van der Waals surface area contributed by atoms with Crippen molar-refractivity contribution in [3.8, 4) is 11.5 Å². The molecule has 0 bridgehead atoms. The molecule has 0 aliphatic carbocycles. The van der Waals surface area contributed by atoms with Crippen molar-refractivity contribution in [1.82, 2.24) is 15.0 Å². The molecule has 0 spiro atoms. The van der Waals surface area contributed by atoms with Gasteiger partial charge in [0, 0.05) is 24.1 Å². The number of hydrogen-bond donors (Lipinski definition) is 1. The summed E-state index contributed by atoms with van der Waals surface area (Å²) in [7, 11) is 0. The van der Waals surface area contributed by atoms with E-state index in [2.05, 4.69) is 20.3 Å². The van der Waals surface area contributed by atoms with Crippen LogP contribution in [0.2, 0.25) is 10.2 Å². The highest BCUT2D eigenvalue weighted by atomic mass is 35.5. The summed E-state index contributed by atoms with van der Waals surface area (Å²) in [4.78, 5) is 24.7. The summed E-state index contributed by atoms with van der Waals surface area (Å²) in [5.74, 6) is -0.0355. The predicted octanol–water partition coefficient (Wildman–Crippen LogP) is 4.84. The van der Waals surface area contributed by atoms with Gasteiger partial charge < -0.3 is 9.73 Å². The molecule has 0 aliphatic heterocycles. The fraction of sp³-hybridized carbons (Fsp3) is 0. The lowest BCUT2D eigenvalue weighted by atomic mass is 10.2. The number of nitrogens with one attached hydrogen (secondary N) is 1. The fourth-order valence-corrected chi connectivity index (χ4v) is 2.82. The van der Waals surface area contributed by atoms with Crippen molar-refractivity contribution in [3.05, 3.63) is 70.7 Å². The van der Waals surface area contributed by atoms with Gasteiger partial charge in [0.25, 0.3) is 5.91 Å². The lowest BCUT2D eigenvalue weighted by Gasteiger charge is -2.08. The van der Waals surface area contributed by atoms with Crippen LogP contribution >= 0.6 is 23.2 Å². The number of halogens is 2. The van der Waals surface area contributed by atoms with E-state index in [4.69, 9.17) is 27.6 Å². The number of fused-ring (bicyclic) bond motifs is 1. The average Bonchev–Trinajstić information content (AvgIpc) is 3.07. The standard InChI is InChI=1S/C18H10Cl2N4O2/c19-13-4-3-10(23-17(25)11-2-1-6-22-16(11)20)8-12(13)18-24-14-9-21-7-5-15(14)26-18/h1-9H,(H,23,25). The lowest BCUT2D eigenvalue weighted by Crippen LogP contribution is -2.12. The highest BCUT2D eigenvalue weighted by Crippen LogP contribution is 2.32. The van der Waals surface area contributed by atoms with Crippen LogP contribution in [0.4, 0.5) is 5.69 Å². The number of anilines is 1. The molecule has 0 saturated heterocycles. The second kappa shape index (κ2) is 6.74. The number of oxazole rings is 1. The Morgan fingerprint density at radius 3 is 2.81 bits per heavy atom. The van der Waals surface area contributed by atoms with E-state index in [0.29, 0.717) is 33.3 Å². The molecule has 1 amide bonds. The number of aromatic nitrogens is 3. The van der Waals surface area contributed by atoms with Crippen molar-refractivity contribution in [2.45, 2.75) is 0 Å². The van der Waals surface area contributed by atoms with Crippen LogP contribution in [0.1, 0.15) is 10.4 Å². The van der Waals surface area contributed by atoms with Crippen LogP contribution in [0.15, 0.2) is 59.4 Å². The minimum absolute atomic E-state index is 0.130. The number of carbonyl (C=O) groups is 1. The Morgan fingerprint density at radius 2 is 2.00 bits per heavy atom. The zero-order chi connectivity index (χ0) is 18.1. The molecule has 6 nitrogen and oxygen atoms in total. The van der Waals surface area contributed by atoms with Crippen LogP contribution in [0, 0.1) is 0 Å². The quantitative estimate of drug-likeness (QED) is 0.510.